The van der Waals surface area contributed by atoms with Gasteiger partial charge in [0.25, 0.3) is 5.56 Å². The van der Waals surface area contributed by atoms with Crippen LogP contribution in [0, 0.1) is 6.92 Å². The lowest BCUT2D eigenvalue weighted by atomic mass is 10.1. The molecule has 0 aliphatic heterocycles. The maximum Gasteiger partial charge on any atom is 0.259 e. The van der Waals surface area contributed by atoms with Gasteiger partial charge in [-0.1, -0.05) is 35.3 Å². The molecule has 3 aromatic rings. The van der Waals surface area contributed by atoms with Crippen molar-refractivity contribution < 1.29 is 0 Å². The van der Waals surface area contributed by atoms with Gasteiger partial charge in [0.2, 0.25) is 0 Å². The van der Waals surface area contributed by atoms with Gasteiger partial charge in [0.1, 0.15) is 0 Å². The second kappa shape index (κ2) is 5.48. The van der Waals surface area contributed by atoms with Crippen LogP contribution in [0.2, 0.25) is 10.0 Å². The molecule has 2 heterocycles. The van der Waals surface area contributed by atoms with E-state index in [0.717, 1.165) is 16.6 Å². The average Bonchev–Trinajstić information content (AvgIpc) is 2.44. The van der Waals surface area contributed by atoms with E-state index in [2.05, 4.69) is 9.97 Å². The lowest BCUT2D eigenvalue weighted by Crippen LogP contribution is -2.10. The zero-order valence-corrected chi connectivity index (χ0v) is 13.4. The number of rotatable bonds is 2. The van der Waals surface area contributed by atoms with E-state index >= 15 is 0 Å². The highest BCUT2D eigenvalue weighted by Crippen LogP contribution is 2.31. The van der Waals surface area contributed by atoms with Crippen molar-refractivity contribution in [2.45, 2.75) is 13.3 Å². The summed E-state index contributed by atoms with van der Waals surface area (Å²) < 4.78 is 0. The molecular weight excluding hydrogens is 331 g/mol. The molecule has 108 valence electrons. The molecule has 0 saturated heterocycles. The van der Waals surface area contributed by atoms with Crippen molar-refractivity contribution in [1.82, 2.24) is 9.97 Å². The van der Waals surface area contributed by atoms with Gasteiger partial charge in [-0.15, -0.1) is 11.6 Å². The smallest absolute Gasteiger partial charge is 0.259 e. The fraction of sp³-hybridized carbons (Fsp3) is 0.200. The summed E-state index contributed by atoms with van der Waals surface area (Å²) in [4.78, 5) is 19.7. The Balaban J connectivity index is 2.55. The zero-order chi connectivity index (χ0) is 15.1. The fourth-order valence-electron chi connectivity index (χ4n) is 2.52. The quantitative estimate of drug-likeness (QED) is 0.552. The van der Waals surface area contributed by atoms with Crippen LogP contribution in [0.3, 0.4) is 0 Å². The van der Waals surface area contributed by atoms with Crippen molar-refractivity contribution in [1.29, 1.82) is 0 Å². The minimum absolute atomic E-state index is 0.293. The van der Waals surface area contributed by atoms with Gasteiger partial charge in [0, 0.05) is 17.0 Å². The number of alkyl halides is 1. The number of pyridine rings is 2. The molecule has 0 spiro atoms. The van der Waals surface area contributed by atoms with E-state index in [4.69, 9.17) is 34.8 Å². The SMILES string of the molecule is Cc1nc2c(c(Cl)c1CCCl)c(=O)[nH]c1c(Cl)cccc12. The number of halogens is 3. The summed E-state index contributed by atoms with van der Waals surface area (Å²) in [5.74, 6) is 0.422. The van der Waals surface area contributed by atoms with E-state index in [-0.39, 0.29) is 5.56 Å². The lowest BCUT2D eigenvalue weighted by Gasteiger charge is -2.11. The van der Waals surface area contributed by atoms with Gasteiger partial charge in [-0.05, 0) is 25.0 Å². The van der Waals surface area contributed by atoms with Crippen molar-refractivity contribution in [3.8, 4) is 0 Å². The van der Waals surface area contributed by atoms with Crippen molar-refractivity contribution in [2.24, 2.45) is 0 Å². The van der Waals surface area contributed by atoms with Crippen LogP contribution in [0.5, 0.6) is 0 Å². The Morgan fingerprint density at radius 3 is 2.76 bits per heavy atom. The molecule has 0 unspecified atom stereocenters. The molecule has 0 bridgehead atoms. The van der Waals surface area contributed by atoms with Gasteiger partial charge in [0.05, 0.1) is 26.5 Å². The van der Waals surface area contributed by atoms with Gasteiger partial charge in [-0.3, -0.25) is 9.78 Å². The van der Waals surface area contributed by atoms with Gasteiger partial charge in [-0.25, -0.2) is 0 Å². The third kappa shape index (κ3) is 2.30. The van der Waals surface area contributed by atoms with Crippen molar-refractivity contribution >= 4 is 56.6 Å². The summed E-state index contributed by atoms with van der Waals surface area (Å²) in [6.07, 6.45) is 0.572. The molecule has 3 nitrogen and oxygen atoms in total. The predicted octanol–water partition coefficient (Wildman–Crippen LogP) is 4.47. The third-order valence-corrected chi connectivity index (χ3v) is 4.44. The molecule has 3 rings (SSSR count). The van der Waals surface area contributed by atoms with E-state index < -0.39 is 0 Å². The summed E-state index contributed by atoms with van der Waals surface area (Å²) in [6.45, 7) is 1.87. The standard InChI is InChI=1S/C15H11Cl3N2O/c1-7-8(5-6-16)12(18)11-14(19-7)9-3-2-4-10(17)13(9)20-15(11)21/h2-4H,5-6H2,1H3,(H,20,21). The van der Waals surface area contributed by atoms with Crippen LogP contribution in [0.25, 0.3) is 21.8 Å². The number of nitrogens with zero attached hydrogens (tertiary/aromatic N) is 1. The number of aromatic nitrogens is 2. The summed E-state index contributed by atoms with van der Waals surface area (Å²) in [5, 5.41) is 2.06. The topological polar surface area (TPSA) is 45.8 Å². The number of hydrogen-bond acceptors (Lipinski definition) is 2. The van der Waals surface area contributed by atoms with Crippen LogP contribution in [-0.2, 0) is 6.42 Å². The third-order valence-electron chi connectivity index (χ3n) is 3.52. The molecule has 0 aliphatic rings. The number of H-pyrrole nitrogens is 1. The minimum Gasteiger partial charge on any atom is -0.320 e. The Morgan fingerprint density at radius 2 is 2.05 bits per heavy atom. The number of para-hydroxylation sites is 1. The summed E-state index contributed by atoms with van der Waals surface area (Å²) in [6, 6.07) is 5.41. The van der Waals surface area contributed by atoms with E-state index in [1.807, 2.05) is 19.1 Å². The average molecular weight is 342 g/mol. The summed E-state index contributed by atoms with van der Waals surface area (Å²) in [7, 11) is 0. The first-order chi connectivity index (χ1) is 10.0. The van der Waals surface area contributed by atoms with Crippen molar-refractivity contribution in [3.05, 3.63) is 49.9 Å². The molecule has 1 N–H and O–H groups in total. The molecular formula is C15H11Cl3N2O. The summed E-state index contributed by atoms with van der Waals surface area (Å²) in [5.41, 5.74) is 2.44. The number of benzene rings is 1. The molecule has 1 aromatic carbocycles. The molecule has 2 aromatic heterocycles. The number of fused-ring (bicyclic) bond motifs is 3. The van der Waals surface area contributed by atoms with Crippen molar-refractivity contribution in [2.75, 3.05) is 5.88 Å². The molecule has 0 saturated carbocycles. The van der Waals surface area contributed by atoms with Crippen LogP contribution in [0.4, 0.5) is 0 Å². The number of hydrogen-bond donors (Lipinski definition) is 1. The van der Waals surface area contributed by atoms with Gasteiger partial charge < -0.3 is 4.98 Å². The monoisotopic (exact) mass is 340 g/mol. The fourth-order valence-corrected chi connectivity index (χ4v) is 3.33. The van der Waals surface area contributed by atoms with E-state index in [1.165, 1.54) is 0 Å². The second-order valence-electron chi connectivity index (χ2n) is 4.77. The molecule has 0 radical (unpaired) electrons. The van der Waals surface area contributed by atoms with Crippen molar-refractivity contribution in [3.63, 3.8) is 0 Å². The maximum absolute atomic E-state index is 12.4. The molecule has 0 aliphatic carbocycles. The maximum atomic E-state index is 12.4. The van der Waals surface area contributed by atoms with Crippen LogP contribution in [0.1, 0.15) is 11.3 Å². The number of aromatic amines is 1. The highest BCUT2D eigenvalue weighted by molar-refractivity contribution is 6.38. The minimum atomic E-state index is -0.293. The molecule has 0 amide bonds. The number of nitrogens with one attached hydrogen (secondary N) is 1. The Kier molecular flexibility index (Phi) is 3.82. The second-order valence-corrected chi connectivity index (χ2v) is 5.93. The number of aryl methyl sites for hydroxylation is 1. The highest BCUT2D eigenvalue weighted by atomic mass is 35.5. The van der Waals surface area contributed by atoms with Gasteiger partial charge in [0.15, 0.2) is 0 Å². The first-order valence-corrected chi connectivity index (χ1v) is 7.68. The highest BCUT2D eigenvalue weighted by Gasteiger charge is 2.16. The molecule has 6 heteroatoms. The summed E-state index contributed by atoms with van der Waals surface area (Å²) >= 11 is 18.4. The molecule has 21 heavy (non-hydrogen) atoms. The lowest BCUT2D eigenvalue weighted by molar-refractivity contribution is 1.07. The normalized spacial score (nSPS) is 11.4. The predicted molar refractivity (Wildman–Crippen MR) is 89.1 cm³/mol. The largest absolute Gasteiger partial charge is 0.320 e. The van der Waals surface area contributed by atoms with E-state index in [0.29, 0.717) is 38.8 Å². The zero-order valence-electron chi connectivity index (χ0n) is 11.1. The first kappa shape index (κ1) is 14.6. The van der Waals surface area contributed by atoms with Crippen LogP contribution >= 0.6 is 34.8 Å². The van der Waals surface area contributed by atoms with Crippen LogP contribution in [0.15, 0.2) is 23.0 Å². The van der Waals surface area contributed by atoms with Gasteiger partial charge in [-0.2, -0.15) is 0 Å². The molecule has 0 atom stereocenters. The van der Waals surface area contributed by atoms with Crippen LogP contribution in [-0.4, -0.2) is 15.8 Å². The Labute approximate surface area is 135 Å². The Morgan fingerprint density at radius 1 is 1.29 bits per heavy atom. The van der Waals surface area contributed by atoms with Gasteiger partial charge >= 0.3 is 0 Å². The Hall–Kier alpha value is -1.29. The van der Waals surface area contributed by atoms with E-state index in [9.17, 15) is 4.79 Å². The first-order valence-electron chi connectivity index (χ1n) is 6.39. The van der Waals surface area contributed by atoms with Crippen LogP contribution < -0.4 is 5.56 Å². The molecule has 0 fully saturated rings. The Bertz CT molecular complexity index is 918. The van der Waals surface area contributed by atoms with E-state index in [1.54, 1.807) is 6.07 Å².